The Morgan fingerprint density at radius 3 is 2.41 bits per heavy atom. The van der Waals surface area contributed by atoms with Crippen LogP contribution in [0.25, 0.3) is 0 Å². The van der Waals surface area contributed by atoms with Gasteiger partial charge in [-0.2, -0.15) is 0 Å². The van der Waals surface area contributed by atoms with Crippen molar-refractivity contribution < 1.29 is 4.79 Å². The summed E-state index contributed by atoms with van der Waals surface area (Å²) in [5.41, 5.74) is 0. The summed E-state index contributed by atoms with van der Waals surface area (Å²) in [6.45, 7) is 9.41. The predicted octanol–water partition coefficient (Wildman–Crippen LogP) is 2.68. The second-order valence-corrected chi connectivity index (χ2v) is 7.97. The second kappa shape index (κ2) is 13.6. The maximum absolute atomic E-state index is 11.4. The minimum atomic E-state index is 0. The van der Waals surface area contributed by atoms with Crippen molar-refractivity contribution >= 4 is 35.8 Å². The van der Waals surface area contributed by atoms with E-state index in [4.69, 9.17) is 0 Å². The van der Waals surface area contributed by atoms with E-state index < -0.39 is 0 Å². The largest absolute Gasteiger partial charge is 0.355 e. The fourth-order valence-corrected chi connectivity index (χ4v) is 4.08. The highest BCUT2D eigenvalue weighted by molar-refractivity contribution is 14.0. The summed E-state index contributed by atoms with van der Waals surface area (Å²) in [4.78, 5) is 20.1. The molecule has 0 aromatic rings. The Labute approximate surface area is 182 Å². The molecule has 2 N–H and O–H groups in total. The topological polar surface area (TPSA) is 60.0 Å². The molecular weight excluding hydrogens is 453 g/mol. The van der Waals surface area contributed by atoms with E-state index in [1.54, 1.807) is 6.92 Å². The van der Waals surface area contributed by atoms with E-state index in [0.29, 0.717) is 6.04 Å². The molecule has 1 saturated heterocycles. The Morgan fingerprint density at radius 2 is 1.81 bits per heavy atom. The zero-order valence-electron chi connectivity index (χ0n) is 17.5. The first-order valence-electron chi connectivity index (χ1n) is 10.5. The van der Waals surface area contributed by atoms with Crippen LogP contribution in [0.3, 0.4) is 0 Å². The molecule has 2 fully saturated rings. The molecule has 27 heavy (non-hydrogen) atoms. The summed E-state index contributed by atoms with van der Waals surface area (Å²) in [6.07, 6.45) is 9.70. The lowest BCUT2D eigenvalue weighted by atomic mass is 9.85. The van der Waals surface area contributed by atoms with Crippen molar-refractivity contribution in [3.05, 3.63) is 0 Å². The summed E-state index contributed by atoms with van der Waals surface area (Å²) >= 11 is 0. The molecule has 2 aliphatic rings. The van der Waals surface area contributed by atoms with Crippen molar-refractivity contribution in [2.45, 2.75) is 64.8 Å². The highest BCUT2D eigenvalue weighted by Crippen LogP contribution is 2.27. The zero-order chi connectivity index (χ0) is 18.8. The predicted molar refractivity (Wildman–Crippen MR) is 124 cm³/mol. The molecule has 1 heterocycles. The standard InChI is InChI=1S/C20H39N5O.HI/c1-17(9-10-19-7-5-4-6-8-19)23-20(21-3)22-11-12-24-13-15-25(16-14-24)18(2)26;/h17,19H,4-16H2,1-3H3,(H2,21,22,23);1H. The molecule has 0 aromatic carbocycles. The highest BCUT2D eigenvalue weighted by Gasteiger charge is 2.18. The van der Waals surface area contributed by atoms with Crippen LogP contribution in [0.2, 0.25) is 0 Å². The van der Waals surface area contributed by atoms with Crippen LogP contribution in [-0.4, -0.2) is 74.0 Å². The number of carbonyl (C=O) groups is 1. The number of carbonyl (C=O) groups excluding carboxylic acids is 1. The number of amides is 1. The van der Waals surface area contributed by atoms with Gasteiger partial charge in [0.1, 0.15) is 0 Å². The molecule has 1 atom stereocenters. The first-order valence-corrected chi connectivity index (χ1v) is 10.5. The van der Waals surface area contributed by atoms with E-state index in [1.165, 1.54) is 44.9 Å². The average Bonchev–Trinajstić information content (AvgIpc) is 2.66. The van der Waals surface area contributed by atoms with Gasteiger partial charge in [-0.25, -0.2) is 0 Å². The summed E-state index contributed by atoms with van der Waals surface area (Å²) in [5, 5.41) is 6.97. The van der Waals surface area contributed by atoms with Crippen LogP contribution in [0.15, 0.2) is 4.99 Å². The molecule has 1 amide bonds. The van der Waals surface area contributed by atoms with Gasteiger partial charge in [0.05, 0.1) is 0 Å². The molecule has 1 saturated carbocycles. The molecular formula is C20H40IN5O. The van der Waals surface area contributed by atoms with Gasteiger partial charge in [0.25, 0.3) is 0 Å². The number of hydrogen-bond acceptors (Lipinski definition) is 3. The lowest BCUT2D eigenvalue weighted by Crippen LogP contribution is -2.50. The van der Waals surface area contributed by atoms with Gasteiger partial charge < -0.3 is 15.5 Å². The number of aliphatic imine (C=N–C) groups is 1. The number of nitrogens with one attached hydrogen (secondary N) is 2. The van der Waals surface area contributed by atoms with E-state index in [0.717, 1.165) is 51.1 Å². The molecule has 0 bridgehead atoms. The van der Waals surface area contributed by atoms with E-state index >= 15 is 0 Å². The molecule has 6 nitrogen and oxygen atoms in total. The third-order valence-electron chi connectivity index (χ3n) is 5.88. The monoisotopic (exact) mass is 493 g/mol. The van der Waals surface area contributed by atoms with Crippen LogP contribution in [0.1, 0.15) is 58.8 Å². The molecule has 0 radical (unpaired) electrons. The smallest absolute Gasteiger partial charge is 0.219 e. The molecule has 1 aliphatic heterocycles. The van der Waals surface area contributed by atoms with Crippen LogP contribution >= 0.6 is 24.0 Å². The van der Waals surface area contributed by atoms with Gasteiger partial charge >= 0.3 is 0 Å². The van der Waals surface area contributed by atoms with Crippen LogP contribution in [-0.2, 0) is 4.79 Å². The highest BCUT2D eigenvalue weighted by atomic mass is 127. The summed E-state index contributed by atoms with van der Waals surface area (Å²) < 4.78 is 0. The summed E-state index contributed by atoms with van der Waals surface area (Å²) in [7, 11) is 1.84. The Morgan fingerprint density at radius 1 is 1.15 bits per heavy atom. The van der Waals surface area contributed by atoms with Crippen molar-refractivity contribution in [3.8, 4) is 0 Å². The van der Waals surface area contributed by atoms with Crippen LogP contribution in [0, 0.1) is 5.92 Å². The van der Waals surface area contributed by atoms with Gasteiger partial charge in [0, 0.05) is 59.3 Å². The van der Waals surface area contributed by atoms with E-state index in [-0.39, 0.29) is 29.9 Å². The molecule has 1 aliphatic carbocycles. The number of piperazine rings is 1. The Bertz CT molecular complexity index is 446. The normalized spacial score (nSPS) is 20.7. The first kappa shape index (κ1) is 24.5. The number of hydrogen-bond donors (Lipinski definition) is 2. The quantitative estimate of drug-likeness (QED) is 0.325. The maximum atomic E-state index is 11.4. The lowest BCUT2D eigenvalue weighted by molar-refractivity contribution is -0.130. The lowest BCUT2D eigenvalue weighted by Gasteiger charge is -2.34. The summed E-state index contributed by atoms with van der Waals surface area (Å²) in [6, 6.07) is 0.460. The number of rotatable bonds is 7. The van der Waals surface area contributed by atoms with E-state index in [2.05, 4.69) is 27.4 Å². The van der Waals surface area contributed by atoms with Crippen molar-refractivity contribution in [1.29, 1.82) is 0 Å². The average molecular weight is 493 g/mol. The first-order chi connectivity index (χ1) is 12.6. The third-order valence-corrected chi connectivity index (χ3v) is 5.88. The van der Waals surface area contributed by atoms with Crippen molar-refractivity contribution in [1.82, 2.24) is 20.4 Å². The molecule has 2 rings (SSSR count). The minimum Gasteiger partial charge on any atom is -0.355 e. The van der Waals surface area contributed by atoms with E-state index in [1.807, 2.05) is 11.9 Å². The van der Waals surface area contributed by atoms with Gasteiger partial charge in [-0.05, 0) is 25.7 Å². The number of halogens is 1. The van der Waals surface area contributed by atoms with Gasteiger partial charge in [0.15, 0.2) is 5.96 Å². The molecule has 158 valence electrons. The Kier molecular flexibility index (Phi) is 12.3. The molecule has 7 heteroatoms. The van der Waals surface area contributed by atoms with Crippen LogP contribution in [0.4, 0.5) is 0 Å². The van der Waals surface area contributed by atoms with Crippen molar-refractivity contribution in [2.75, 3.05) is 46.3 Å². The summed E-state index contributed by atoms with van der Waals surface area (Å²) in [5.74, 6) is 2.04. The molecule has 1 unspecified atom stereocenters. The van der Waals surface area contributed by atoms with Crippen molar-refractivity contribution in [3.63, 3.8) is 0 Å². The van der Waals surface area contributed by atoms with Gasteiger partial charge in [-0.1, -0.05) is 32.1 Å². The van der Waals surface area contributed by atoms with Gasteiger partial charge in [-0.3, -0.25) is 14.7 Å². The van der Waals surface area contributed by atoms with Gasteiger partial charge in [0.2, 0.25) is 5.91 Å². The zero-order valence-corrected chi connectivity index (χ0v) is 19.8. The third kappa shape index (κ3) is 9.45. The SMILES string of the molecule is CN=C(NCCN1CCN(C(C)=O)CC1)NC(C)CCC1CCCCC1.I. The van der Waals surface area contributed by atoms with Crippen molar-refractivity contribution in [2.24, 2.45) is 10.9 Å². The number of guanidine groups is 1. The number of nitrogens with zero attached hydrogens (tertiary/aromatic N) is 3. The molecule has 0 aromatic heterocycles. The fraction of sp³-hybridized carbons (Fsp3) is 0.900. The molecule has 0 spiro atoms. The maximum Gasteiger partial charge on any atom is 0.219 e. The fourth-order valence-electron chi connectivity index (χ4n) is 4.08. The van der Waals surface area contributed by atoms with Crippen LogP contribution < -0.4 is 10.6 Å². The Hall–Kier alpha value is -0.570. The second-order valence-electron chi connectivity index (χ2n) is 7.97. The Balaban J connectivity index is 0.00000364. The minimum absolute atomic E-state index is 0. The van der Waals surface area contributed by atoms with Crippen LogP contribution in [0.5, 0.6) is 0 Å². The van der Waals surface area contributed by atoms with Gasteiger partial charge in [-0.15, -0.1) is 24.0 Å². The van der Waals surface area contributed by atoms with E-state index in [9.17, 15) is 4.79 Å².